The normalized spacial score (nSPS) is 16.0. The third-order valence-corrected chi connectivity index (χ3v) is 7.07. The van der Waals surface area contributed by atoms with Crippen LogP contribution in [-0.2, 0) is 11.3 Å². The second kappa shape index (κ2) is 8.58. The predicted octanol–water partition coefficient (Wildman–Crippen LogP) is 3.51. The van der Waals surface area contributed by atoms with Gasteiger partial charge in [0.1, 0.15) is 0 Å². The molecule has 0 radical (unpaired) electrons. The molecule has 30 heavy (non-hydrogen) atoms. The Kier molecular flexibility index (Phi) is 5.89. The molecular formula is C19H18ClN5O3S2. The Balaban J connectivity index is 1.47. The highest BCUT2D eigenvalue weighted by molar-refractivity contribution is 8.00. The maximum Gasteiger partial charge on any atom is 0.323 e. The van der Waals surface area contributed by atoms with Gasteiger partial charge in [-0.3, -0.25) is 9.36 Å². The number of nitrogens with one attached hydrogen (secondary N) is 2. The van der Waals surface area contributed by atoms with E-state index in [0.717, 1.165) is 4.88 Å². The van der Waals surface area contributed by atoms with Gasteiger partial charge in [0, 0.05) is 28.8 Å². The minimum Gasteiger partial charge on any atom is -0.351 e. The summed E-state index contributed by atoms with van der Waals surface area (Å²) in [7, 11) is 0. The van der Waals surface area contributed by atoms with Crippen LogP contribution in [0.15, 0.2) is 42.6 Å². The minimum absolute atomic E-state index is 0.239. The number of hydrogen-bond donors (Lipinski definition) is 3. The van der Waals surface area contributed by atoms with E-state index in [4.69, 9.17) is 17.3 Å². The number of para-hydroxylation sites is 1. The van der Waals surface area contributed by atoms with Crippen molar-refractivity contribution in [1.82, 2.24) is 14.8 Å². The fourth-order valence-electron chi connectivity index (χ4n) is 3.25. The first-order valence-electron chi connectivity index (χ1n) is 9.05. The number of fused-ring (bicyclic) bond motifs is 1. The van der Waals surface area contributed by atoms with E-state index in [1.165, 1.54) is 38.8 Å². The fraction of sp³-hybridized carbons (Fsp3) is 0.211. The highest BCUT2D eigenvalue weighted by Gasteiger charge is 2.35. The zero-order chi connectivity index (χ0) is 21.3. The standard InChI is InChI=1S/C19H18ClN5O3S2/c20-15-6-5-11(30-15)9-22-16(26)17-24(7-8-29-17)19(28)23-13-10-25(18(21)27)14-4-2-1-3-12(13)14/h1-6,10,17H,7-9H2,(H2,21,27)(H,22,26)(H,23,28)/t17-/m0/s1. The lowest BCUT2D eigenvalue weighted by Gasteiger charge is -2.23. The summed E-state index contributed by atoms with van der Waals surface area (Å²) >= 11 is 8.72. The maximum absolute atomic E-state index is 12.9. The molecule has 1 aromatic carbocycles. The van der Waals surface area contributed by atoms with E-state index in [2.05, 4.69) is 10.6 Å². The number of nitrogens with zero attached hydrogens (tertiary/aromatic N) is 2. The molecule has 4 amide bonds. The molecule has 2 aromatic heterocycles. The van der Waals surface area contributed by atoms with Crippen LogP contribution in [-0.4, -0.2) is 45.1 Å². The van der Waals surface area contributed by atoms with E-state index in [-0.39, 0.29) is 5.91 Å². The number of primary amides is 1. The summed E-state index contributed by atoms with van der Waals surface area (Å²) in [6, 6.07) is 9.71. The smallest absolute Gasteiger partial charge is 0.323 e. The molecule has 8 nitrogen and oxygen atoms in total. The molecule has 1 saturated heterocycles. The fourth-order valence-corrected chi connectivity index (χ4v) is 5.42. The van der Waals surface area contributed by atoms with Crippen molar-refractivity contribution in [3.05, 3.63) is 51.8 Å². The lowest BCUT2D eigenvalue weighted by atomic mass is 10.2. The SMILES string of the molecule is NC(=O)n1cc(NC(=O)N2CCS[C@H]2C(=O)NCc2ccc(Cl)s2)c2ccccc21. The van der Waals surface area contributed by atoms with Gasteiger partial charge >= 0.3 is 12.1 Å². The first-order chi connectivity index (χ1) is 14.4. The van der Waals surface area contributed by atoms with Crippen molar-refractivity contribution in [2.24, 2.45) is 5.73 Å². The molecule has 0 unspecified atom stereocenters. The van der Waals surface area contributed by atoms with Crippen molar-refractivity contribution in [2.45, 2.75) is 11.9 Å². The van der Waals surface area contributed by atoms with Crippen LogP contribution < -0.4 is 16.4 Å². The van der Waals surface area contributed by atoms with Crippen molar-refractivity contribution >= 4 is 69.3 Å². The Morgan fingerprint density at radius 3 is 2.73 bits per heavy atom. The number of amides is 4. The Morgan fingerprint density at radius 1 is 1.20 bits per heavy atom. The third-order valence-electron chi connectivity index (χ3n) is 4.63. The number of carbonyl (C=O) groups is 3. The van der Waals surface area contributed by atoms with E-state index in [0.29, 0.717) is 39.8 Å². The first kappa shape index (κ1) is 20.6. The van der Waals surface area contributed by atoms with Gasteiger partial charge in [0.15, 0.2) is 5.37 Å². The first-order valence-corrected chi connectivity index (χ1v) is 11.3. The highest BCUT2D eigenvalue weighted by Crippen LogP contribution is 2.29. The summed E-state index contributed by atoms with van der Waals surface area (Å²) in [6.45, 7) is 0.794. The van der Waals surface area contributed by atoms with Crippen LogP contribution in [0.25, 0.3) is 10.9 Å². The van der Waals surface area contributed by atoms with Gasteiger partial charge in [-0.25, -0.2) is 9.59 Å². The predicted molar refractivity (Wildman–Crippen MR) is 120 cm³/mol. The molecule has 11 heteroatoms. The van der Waals surface area contributed by atoms with Gasteiger partial charge in [-0.1, -0.05) is 29.8 Å². The van der Waals surface area contributed by atoms with Crippen LogP contribution in [0.3, 0.4) is 0 Å². The molecule has 4 rings (SSSR count). The van der Waals surface area contributed by atoms with Crippen LogP contribution in [0.1, 0.15) is 4.88 Å². The van der Waals surface area contributed by atoms with Gasteiger partial charge in [0.05, 0.1) is 22.1 Å². The molecule has 0 spiro atoms. The number of aromatic nitrogens is 1. The van der Waals surface area contributed by atoms with E-state index in [1.54, 1.807) is 24.3 Å². The van der Waals surface area contributed by atoms with Crippen LogP contribution >= 0.6 is 34.7 Å². The average molecular weight is 464 g/mol. The van der Waals surface area contributed by atoms with Crippen LogP contribution in [0, 0.1) is 0 Å². The number of anilines is 1. The third kappa shape index (κ3) is 4.11. The molecule has 3 heterocycles. The van der Waals surface area contributed by atoms with Crippen molar-refractivity contribution in [1.29, 1.82) is 0 Å². The van der Waals surface area contributed by atoms with E-state index >= 15 is 0 Å². The number of rotatable bonds is 4. The number of carbonyl (C=O) groups excluding carboxylic acids is 3. The Morgan fingerprint density at radius 2 is 2.00 bits per heavy atom. The monoisotopic (exact) mass is 463 g/mol. The van der Waals surface area contributed by atoms with Crippen molar-refractivity contribution in [3.8, 4) is 0 Å². The second-order valence-electron chi connectivity index (χ2n) is 6.54. The molecule has 156 valence electrons. The summed E-state index contributed by atoms with van der Waals surface area (Å²) < 4.78 is 1.94. The van der Waals surface area contributed by atoms with Gasteiger partial charge < -0.3 is 21.3 Å². The van der Waals surface area contributed by atoms with E-state index in [1.807, 2.05) is 12.1 Å². The topological polar surface area (TPSA) is 109 Å². The van der Waals surface area contributed by atoms with Crippen molar-refractivity contribution < 1.29 is 14.4 Å². The van der Waals surface area contributed by atoms with Gasteiger partial charge in [-0.15, -0.1) is 23.1 Å². The molecule has 0 aliphatic carbocycles. The molecule has 1 aliphatic heterocycles. The van der Waals surface area contributed by atoms with E-state index < -0.39 is 17.4 Å². The lowest BCUT2D eigenvalue weighted by Crippen LogP contribution is -2.46. The number of thiophene rings is 1. The molecule has 0 bridgehead atoms. The number of benzene rings is 1. The summed E-state index contributed by atoms with van der Waals surface area (Å²) in [5, 5.41) is 5.72. The summed E-state index contributed by atoms with van der Waals surface area (Å²) in [4.78, 5) is 39.7. The molecule has 1 atom stereocenters. The number of halogens is 1. The van der Waals surface area contributed by atoms with Crippen LogP contribution in [0.4, 0.5) is 15.3 Å². The summed E-state index contributed by atoms with van der Waals surface area (Å²) in [5.41, 5.74) is 6.48. The van der Waals surface area contributed by atoms with Crippen LogP contribution in [0.5, 0.6) is 0 Å². The largest absolute Gasteiger partial charge is 0.351 e. The maximum atomic E-state index is 12.9. The highest BCUT2D eigenvalue weighted by atomic mass is 35.5. The van der Waals surface area contributed by atoms with Gasteiger partial charge in [-0.05, 0) is 18.2 Å². The second-order valence-corrected chi connectivity index (χ2v) is 9.53. The quantitative estimate of drug-likeness (QED) is 0.550. The number of hydrogen-bond acceptors (Lipinski definition) is 5. The van der Waals surface area contributed by atoms with Gasteiger partial charge in [0.2, 0.25) is 0 Å². The zero-order valence-corrected chi connectivity index (χ0v) is 18.0. The molecule has 0 saturated carbocycles. The minimum atomic E-state index is -0.644. The molecule has 1 aliphatic rings. The van der Waals surface area contributed by atoms with Crippen molar-refractivity contribution in [3.63, 3.8) is 0 Å². The number of thioether (sulfide) groups is 1. The van der Waals surface area contributed by atoms with Crippen molar-refractivity contribution in [2.75, 3.05) is 17.6 Å². The molecular weight excluding hydrogens is 446 g/mol. The summed E-state index contributed by atoms with van der Waals surface area (Å²) in [6.07, 6.45) is 1.49. The summed E-state index contributed by atoms with van der Waals surface area (Å²) in [5.74, 6) is 0.413. The van der Waals surface area contributed by atoms with E-state index in [9.17, 15) is 14.4 Å². The molecule has 3 aromatic rings. The van der Waals surface area contributed by atoms with Crippen LogP contribution in [0.2, 0.25) is 4.34 Å². The molecule has 1 fully saturated rings. The van der Waals surface area contributed by atoms with Gasteiger partial charge in [-0.2, -0.15) is 0 Å². The average Bonchev–Trinajstić information content (AvgIpc) is 3.45. The number of urea groups is 1. The lowest BCUT2D eigenvalue weighted by molar-refractivity contribution is -0.122. The Bertz CT molecular complexity index is 1130. The molecule has 4 N–H and O–H groups in total. The zero-order valence-electron chi connectivity index (χ0n) is 15.6. The Labute approximate surface area is 185 Å². The Hall–Kier alpha value is -2.69. The van der Waals surface area contributed by atoms with Gasteiger partial charge in [0.25, 0.3) is 5.91 Å². The number of nitrogens with two attached hydrogens (primary N) is 1.